The van der Waals surface area contributed by atoms with Crippen LogP contribution in [0.25, 0.3) is 105 Å². The molecule has 0 radical (unpaired) electrons. The lowest BCUT2D eigenvalue weighted by Gasteiger charge is -2.22. The Morgan fingerprint density at radius 1 is 0.350 bits per heavy atom. The molecule has 0 saturated carbocycles. The molecule has 11 aromatic rings. The number of hydrogen-bond donors (Lipinski definition) is 0. The van der Waals surface area contributed by atoms with E-state index in [9.17, 15) is 0 Å². The molecule has 0 bridgehead atoms. The maximum Gasteiger partial charge on any atom is 0.164 e. The average molecular weight is 767 g/mol. The van der Waals surface area contributed by atoms with Gasteiger partial charge in [-0.3, -0.25) is 0 Å². The lowest BCUT2D eigenvalue weighted by molar-refractivity contribution is 0.662. The van der Waals surface area contributed by atoms with Gasteiger partial charge in [0.2, 0.25) is 0 Å². The van der Waals surface area contributed by atoms with Crippen molar-refractivity contribution in [3.63, 3.8) is 0 Å². The van der Waals surface area contributed by atoms with E-state index in [1.807, 2.05) is 36.4 Å². The summed E-state index contributed by atoms with van der Waals surface area (Å²) in [4.78, 5) is 15.2. The van der Waals surface area contributed by atoms with Crippen molar-refractivity contribution >= 4 is 43.4 Å². The first-order chi connectivity index (χ1) is 29.5. The predicted molar refractivity (Wildman–Crippen MR) is 248 cm³/mol. The largest absolute Gasteiger partial charge is 0.309 e. The fourth-order valence-electron chi connectivity index (χ4n) is 9.61. The van der Waals surface area contributed by atoms with Gasteiger partial charge >= 0.3 is 0 Å². The Labute approximate surface area is 348 Å². The molecule has 0 N–H and O–H groups in total. The van der Waals surface area contributed by atoms with E-state index in [1.165, 1.54) is 66.0 Å². The smallest absolute Gasteiger partial charge is 0.164 e. The van der Waals surface area contributed by atoms with E-state index in [-0.39, 0.29) is 5.41 Å². The molecule has 0 fully saturated rings. The molecule has 12 rings (SSSR count). The van der Waals surface area contributed by atoms with Crippen LogP contribution in [0.1, 0.15) is 25.0 Å². The van der Waals surface area contributed by atoms with E-state index in [0.29, 0.717) is 17.5 Å². The molecule has 60 heavy (non-hydrogen) atoms. The first-order valence-corrected chi connectivity index (χ1v) is 20.6. The van der Waals surface area contributed by atoms with E-state index < -0.39 is 0 Å². The van der Waals surface area contributed by atoms with Gasteiger partial charge in [-0.15, -0.1) is 0 Å². The van der Waals surface area contributed by atoms with Gasteiger partial charge in [0.1, 0.15) is 0 Å². The Morgan fingerprint density at radius 2 is 0.917 bits per heavy atom. The second-order valence-electron chi connectivity index (χ2n) is 16.4. The molecule has 9 aromatic carbocycles. The second-order valence-corrected chi connectivity index (χ2v) is 16.4. The third-order valence-electron chi connectivity index (χ3n) is 12.6. The Balaban J connectivity index is 1.05. The van der Waals surface area contributed by atoms with Crippen molar-refractivity contribution in [2.45, 2.75) is 19.3 Å². The second kappa shape index (κ2) is 13.2. The first-order valence-electron chi connectivity index (χ1n) is 20.6. The molecule has 0 saturated heterocycles. The third-order valence-corrected chi connectivity index (χ3v) is 12.6. The summed E-state index contributed by atoms with van der Waals surface area (Å²) in [6.07, 6.45) is 0. The number of benzene rings is 9. The van der Waals surface area contributed by atoms with Crippen LogP contribution in [0.2, 0.25) is 0 Å². The van der Waals surface area contributed by atoms with Crippen molar-refractivity contribution in [1.29, 1.82) is 0 Å². The van der Waals surface area contributed by atoms with Crippen LogP contribution in [-0.4, -0.2) is 19.5 Å². The van der Waals surface area contributed by atoms with Gasteiger partial charge < -0.3 is 4.57 Å². The van der Waals surface area contributed by atoms with Crippen LogP contribution in [-0.2, 0) is 5.41 Å². The lowest BCUT2D eigenvalue weighted by Crippen LogP contribution is -2.15. The number of nitrogens with zero attached hydrogens (tertiary/aromatic N) is 4. The molecule has 0 atom stereocenters. The van der Waals surface area contributed by atoms with E-state index in [2.05, 4.69) is 176 Å². The third kappa shape index (κ3) is 5.27. The molecule has 2 aromatic heterocycles. The molecule has 4 heteroatoms. The van der Waals surface area contributed by atoms with Crippen molar-refractivity contribution in [3.8, 4) is 62.1 Å². The number of aromatic nitrogens is 4. The molecule has 4 nitrogen and oxygen atoms in total. The molecular formula is C56H38N4. The zero-order valence-electron chi connectivity index (χ0n) is 33.3. The molecule has 1 aliphatic carbocycles. The van der Waals surface area contributed by atoms with Crippen LogP contribution in [0.4, 0.5) is 0 Å². The highest BCUT2D eigenvalue weighted by Gasteiger charge is 2.37. The van der Waals surface area contributed by atoms with Gasteiger partial charge in [0, 0.05) is 38.3 Å². The van der Waals surface area contributed by atoms with Crippen molar-refractivity contribution in [3.05, 3.63) is 205 Å². The molecular weight excluding hydrogens is 729 g/mol. The molecule has 1 aliphatic rings. The number of rotatable bonds is 5. The fourth-order valence-corrected chi connectivity index (χ4v) is 9.61. The van der Waals surface area contributed by atoms with Crippen molar-refractivity contribution in [2.75, 3.05) is 0 Å². The van der Waals surface area contributed by atoms with E-state index in [4.69, 9.17) is 15.0 Å². The maximum absolute atomic E-state index is 5.13. The molecule has 2 heterocycles. The summed E-state index contributed by atoms with van der Waals surface area (Å²) in [5.74, 6) is 1.95. The van der Waals surface area contributed by atoms with Crippen LogP contribution >= 0.6 is 0 Å². The zero-order valence-corrected chi connectivity index (χ0v) is 33.3. The zero-order chi connectivity index (χ0) is 40.0. The van der Waals surface area contributed by atoms with Gasteiger partial charge in [-0.2, -0.15) is 0 Å². The van der Waals surface area contributed by atoms with Gasteiger partial charge in [-0.1, -0.05) is 159 Å². The minimum absolute atomic E-state index is 0.200. The molecule has 0 unspecified atom stereocenters. The monoisotopic (exact) mass is 766 g/mol. The quantitative estimate of drug-likeness (QED) is 0.175. The minimum atomic E-state index is -0.200. The van der Waals surface area contributed by atoms with Crippen LogP contribution in [0, 0.1) is 0 Å². The Bertz CT molecular complexity index is 3440. The van der Waals surface area contributed by atoms with Crippen molar-refractivity contribution in [1.82, 2.24) is 19.5 Å². The van der Waals surface area contributed by atoms with Crippen LogP contribution < -0.4 is 0 Å². The van der Waals surface area contributed by atoms with Crippen LogP contribution in [0.5, 0.6) is 0 Å². The standard InChI is InChI=1S/C56H38N4/c1-56(2)48-32-40-30-38(35-16-6-3-7-17-35)26-27-39(40)31-45(48)46-33-47-43-24-14-15-25-50(43)60(52(47)34-49(46)56)51-29-28-44(41-22-12-13-23-42(41)51)55-58-53(36-18-8-4-9-19-36)57-54(59-55)37-20-10-5-11-21-37/h3-34H,1-2H3. The molecule has 0 spiro atoms. The topological polar surface area (TPSA) is 43.6 Å². The van der Waals surface area contributed by atoms with Crippen molar-refractivity contribution < 1.29 is 0 Å². The number of hydrogen-bond acceptors (Lipinski definition) is 3. The summed E-state index contributed by atoms with van der Waals surface area (Å²) in [7, 11) is 0. The summed E-state index contributed by atoms with van der Waals surface area (Å²) in [5.41, 5.74) is 14.0. The Kier molecular flexibility index (Phi) is 7.54. The number of fused-ring (bicyclic) bond motifs is 8. The van der Waals surface area contributed by atoms with Gasteiger partial charge in [0.15, 0.2) is 17.5 Å². The highest BCUT2D eigenvalue weighted by Crippen LogP contribution is 2.52. The predicted octanol–water partition coefficient (Wildman–Crippen LogP) is 14.2. The SMILES string of the molecule is CC1(C)c2cc3cc(-c4ccccc4)ccc3cc2-c2cc3c4ccccc4n(-c4ccc(-c5nc(-c6ccccc6)nc(-c6ccccc6)n5)c5ccccc45)c3cc21. The maximum atomic E-state index is 5.13. The molecule has 0 aliphatic heterocycles. The first kappa shape index (κ1) is 34.4. The highest BCUT2D eigenvalue weighted by atomic mass is 15.0. The van der Waals surface area contributed by atoms with Crippen molar-refractivity contribution in [2.24, 2.45) is 0 Å². The summed E-state index contributed by atoms with van der Waals surface area (Å²) in [6, 6.07) is 69.6. The van der Waals surface area contributed by atoms with E-state index >= 15 is 0 Å². The number of para-hydroxylation sites is 1. The summed E-state index contributed by atoms with van der Waals surface area (Å²) in [6.45, 7) is 4.77. The Hall–Kier alpha value is -7.69. The lowest BCUT2D eigenvalue weighted by atomic mass is 9.81. The van der Waals surface area contributed by atoms with Crippen LogP contribution in [0.3, 0.4) is 0 Å². The van der Waals surface area contributed by atoms with Gasteiger partial charge in [0.05, 0.1) is 16.7 Å². The fraction of sp³-hybridized carbons (Fsp3) is 0.0536. The summed E-state index contributed by atoms with van der Waals surface area (Å²) >= 11 is 0. The molecule has 282 valence electrons. The minimum Gasteiger partial charge on any atom is -0.309 e. The summed E-state index contributed by atoms with van der Waals surface area (Å²) < 4.78 is 2.47. The van der Waals surface area contributed by atoms with Gasteiger partial charge in [-0.05, 0) is 98.1 Å². The normalized spacial score (nSPS) is 13.0. The van der Waals surface area contributed by atoms with Gasteiger partial charge in [0.25, 0.3) is 0 Å². The van der Waals surface area contributed by atoms with Crippen LogP contribution in [0.15, 0.2) is 194 Å². The van der Waals surface area contributed by atoms with E-state index in [0.717, 1.165) is 33.2 Å². The summed E-state index contributed by atoms with van der Waals surface area (Å²) in [5, 5.41) is 7.23. The highest BCUT2D eigenvalue weighted by molar-refractivity contribution is 6.14. The van der Waals surface area contributed by atoms with E-state index in [1.54, 1.807) is 0 Å². The Morgan fingerprint density at radius 3 is 1.62 bits per heavy atom. The van der Waals surface area contributed by atoms with Gasteiger partial charge in [-0.25, -0.2) is 15.0 Å². The average Bonchev–Trinajstić information content (AvgIpc) is 3.74. The molecule has 0 amide bonds.